The average molecular weight is 286 g/mol. The predicted octanol–water partition coefficient (Wildman–Crippen LogP) is 3.84. The Morgan fingerprint density at radius 3 is 2.30 bits per heavy atom. The number of rotatable bonds is 3. The normalized spacial score (nSPS) is 39.9. The highest BCUT2D eigenvalue weighted by molar-refractivity contribution is 7.70. The van der Waals surface area contributed by atoms with Crippen LogP contribution in [0.1, 0.15) is 40.5 Å². The van der Waals surface area contributed by atoms with Gasteiger partial charge < -0.3 is 0 Å². The molecule has 0 spiro atoms. The molecule has 2 bridgehead atoms. The van der Waals surface area contributed by atoms with Crippen LogP contribution >= 0.6 is 7.92 Å². The number of hydrogen-bond donors (Lipinski definition) is 0. The van der Waals surface area contributed by atoms with Crippen LogP contribution in [0.25, 0.3) is 0 Å². The topological polar surface area (TPSA) is 0 Å². The Morgan fingerprint density at radius 1 is 1.10 bits per heavy atom. The third kappa shape index (κ3) is 2.09. The van der Waals surface area contributed by atoms with E-state index < -0.39 is 0 Å². The van der Waals surface area contributed by atoms with E-state index in [4.69, 9.17) is 0 Å². The van der Waals surface area contributed by atoms with E-state index in [0.717, 1.165) is 29.3 Å². The highest BCUT2D eigenvalue weighted by Gasteiger charge is 2.61. The van der Waals surface area contributed by atoms with Gasteiger partial charge in [0.1, 0.15) is 7.85 Å². The highest BCUT2D eigenvalue weighted by Crippen LogP contribution is 2.74. The Morgan fingerprint density at radius 2 is 1.75 bits per heavy atom. The van der Waals surface area contributed by atoms with Crippen molar-refractivity contribution >= 4 is 21.1 Å². The Balaban J connectivity index is 2.01. The van der Waals surface area contributed by atoms with Gasteiger partial charge in [0, 0.05) is 0 Å². The quantitative estimate of drug-likeness (QED) is 0.585. The summed E-state index contributed by atoms with van der Waals surface area (Å²) >= 11 is 0. The van der Waals surface area contributed by atoms with Gasteiger partial charge in [-0.15, -0.1) is 0 Å². The van der Waals surface area contributed by atoms with E-state index in [9.17, 15) is 0 Å². The van der Waals surface area contributed by atoms with Gasteiger partial charge in [0.25, 0.3) is 0 Å². The van der Waals surface area contributed by atoms with Crippen LogP contribution in [0.15, 0.2) is 30.3 Å². The summed E-state index contributed by atoms with van der Waals surface area (Å²) in [6, 6.07) is 11.5. The van der Waals surface area contributed by atoms with Gasteiger partial charge in [-0.1, -0.05) is 65.9 Å². The standard InChI is InChI=1S/C18H28BP/c1-12(2)15-11-18(19)16(13(3)4)10-17(15)20(18)14-8-6-5-7-9-14/h5-9,12-13,15-17H,10-11,19H2,1-4H3/t15-,16-,17-,18+,20?/m1/s1. The molecule has 5 atom stereocenters. The molecule has 1 aromatic carbocycles. The van der Waals surface area contributed by atoms with Crippen molar-refractivity contribution in [3.63, 3.8) is 0 Å². The predicted molar refractivity (Wildman–Crippen MR) is 93.9 cm³/mol. The first-order valence-corrected chi connectivity index (χ1v) is 9.70. The average Bonchev–Trinajstić information content (AvgIpc) is 2.86. The van der Waals surface area contributed by atoms with Crippen LogP contribution in [0.2, 0.25) is 0 Å². The molecule has 2 heterocycles. The summed E-state index contributed by atoms with van der Waals surface area (Å²) in [5, 5.41) is 2.26. The van der Waals surface area contributed by atoms with Crippen molar-refractivity contribution in [3.8, 4) is 0 Å². The summed E-state index contributed by atoms with van der Waals surface area (Å²) in [6.07, 6.45) is 2.95. The lowest BCUT2D eigenvalue weighted by Crippen LogP contribution is -2.39. The molecule has 2 heteroatoms. The third-order valence-electron chi connectivity index (χ3n) is 6.01. The van der Waals surface area contributed by atoms with Crippen LogP contribution in [0.3, 0.4) is 0 Å². The Hall–Kier alpha value is -0.285. The molecule has 20 heavy (non-hydrogen) atoms. The second kappa shape index (κ2) is 5.17. The van der Waals surface area contributed by atoms with Gasteiger partial charge in [-0.05, 0) is 52.5 Å². The van der Waals surface area contributed by atoms with Crippen LogP contribution in [-0.4, -0.2) is 18.6 Å². The zero-order valence-electron chi connectivity index (χ0n) is 13.6. The summed E-state index contributed by atoms with van der Waals surface area (Å²) < 4.78 is 0. The van der Waals surface area contributed by atoms with Crippen LogP contribution in [-0.2, 0) is 0 Å². The lowest BCUT2D eigenvalue weighted by atomic mass is 9.60. The molecule has 1 aromatic rings. The van der Waals surface area contributed by atoms with Gasteiger partial charge >= 0.3 is 0 Å². The maximum Gasteiger partial charge on any atom is 0.115 e. The molecule has 0 radical (unpaired) electrons. The molecule has 2 aliphatic heterocycles. The van der Waals surface area contributed by atoms with Gasteiger partial charge in [0.2, 0.25) is 0 Å². The van der Waals surface area contributed by atoms with Crippen molar-refractivity contribution in [1.82, 2.24) is 0 Å². The summed E-state index contributed by atoms with van der Waals surface area (Å²) in [5.74, 6) is 3.59. The van der Waals surface area contributed by atoms with E-state index in [1.165, 1.54) is 12.8 Å². The van der Waals surface area contributed by atoms with Crippen LogP contribution in [0, 0.1) is 23.7 Å². The fourth-order valence-corrected chi connectivity index (χ4v) is 9.81. The molecule has 0 amide bonds. The largest absolute Gasteiger partial charge is 0.115 e. The molecule has 2 saturated heterocycles. The first-order chi connectivity index (χ1) is 9.45. The fourth-order valence-electron chi connectivity index (χ4n) is 5.15. The minimum atomic E-state index is 0.0229. The third-order valence-corrected chi connectivity index (χ3v) is 9.74. The molecular formula is C18H28BP. The second-order valence-electron chi connectivity index (χ2n) is 7.83. The van der Waals surface area contributed by atoms with Gasteiger partial charge in [-0.25, -0.2) is 0 Å². The van der Waals surface area contributed by atoms with E-state index in [0.29, 0.717) is 5.06 Å². The minimum Gasteiger partial charge on any atom is -0.0734 e. The first kappa shape index (κ1) is 14.6. The summed E-state index contributed by atoms with van der Waals surface area (Å²) in [4.78, 5) is 0. The zero-order chi connectivity index (χ0) is 14.5. The van der Waals surface area contributed by atoms with Crippen molar-refractivity contribution in [3.05, 3.63) is 30.3 Å². The minimum absolute atomic E-state index is 0.0229. The van der Waals surface area contributed by atoms with Crippen molar-refractivity contribution in [2.24, 2.45) is 23.7 Å². The Bertz CT molecular complexity index is 470. The van der Waals surface area contributed by atoms with Crippen LogP contribution < -0.4 is 5.30 Å². The van der Waals surface area contributed by atoms with Gasteiger partial charge in [0.05, 0.1) is 0 Å². The molecular weight excluding hydrogens is 258 g/mol. The SMILES string of the molecule is B[C@]12C[C@H](C(C)C)[C@@H](C[C@@H]1C(C)C)P2c1ccccc1. The van der Waals surface area contributed by atoms with Crippen molar-refractivity contribution in [2.45, 2.75) is 51.3 Å². The molecule has 2 aliphatic rings. The summed E-state index contributed by atoms with van der Waals surface area (Å²) in [6.45, 7) is 9.77. The van der Waals surface area contributed by atoms with E-state index in [1.807, 2.05) is 0 Å². The maximum atomic E-state index is 2.62. The Kier molecular flexibility index (Phi) is 3.78. The molecule has 0 N–H and O–H groups in total. The smallest absolute Gasteiger partial charge is 0.0734 e. The van der Waals surface area contributed by atoms with E-state index in [-0.39, 0.29) is 7.92 Å². The van der Waals surface area contributed by atoms with E-state index >= 15 is 0 Å². The first-order valence-electron chi connectivity index (χ1n) is 8.29. The van der Waals surface area contributed by atoms with Gasteiger partial charge in [0.15, 0.2) is 0 Å². The molecule has 1 unspecified atom stereocenters. The van der Waals surface area contributed by atoms with Crippen LogP contribution in [0.4, 0.5) is 0 Å². The maximum absolute atomic E-state index is 2.62. The number of hydrogen-bond acceptors (Lipinski definition) is 0. The molecule has 108 valence electrons. The molecule has 0 aromatic heterocycles. The van der Waals surface area contributed by atoms with Crippen molar-refractivity contribution in [2.75, 3.05) is 0 Å². The number of benzene rings is 1. The summed E-state index contributed by atoms with van der Waals surface area (Å²) in [7, 11) is 2.65. The molecule has 3 rings (SSSR count). The number of fused-ring (bicyclic) bond motifs is 2. The van der Waals surface area contributed by atoms with Crippen LogP contribution in [0.5, 0.6) is 0 Å². The van der Waals surface area contributed by atoms with Gasteiger partial charge in [-0.2, -0.15) is 0 Å². The zero-order valence-corrected chi connectivity index (χ0v) is 14.5. The molecule has 2 fully saturated rings. The van der Waals surface area contributed by atoms with E-state index in [1.54, 1.807) is 5.30 Å². The van der Waals surface area contributed by atoms with E-state index in [2.05, 4.69) is 65.9 Å². The van der Waals surface area contributed by atoms with Gasteiger partial charge in [-0.3, -0.25) is 0 Å². The lowest BCUT2D eigenvalue weighted by Gasteiger charge is -2.39. The van der Waals surface area contributed by atoms with Crippen molar-refractivity contribution in [1.29, 1.82) is 0 Å². The lowest BCUT2D eigenvalue weighted by molar-refractivity contribution is 0.215. The molecule has 0 saturated carbocycles. The molecule has 0 aliphatic carbocycles. The Labute approximate surface area is 126 Å². The monoisotopic (exact) mass is 286 g/mol. The fraction of sp³-hybridized carbons (Fsp3) is 0.667. The highest BCUT2D eigenvalue weighted by atomic mass is 31.1. The summed E-state index contributed by atoms with van der Waals surface area (Å²) in [5.41, 5.74) is 0.977. The second-order valence-corrected chi connectivity index (χ2v) is 10.8. The molecule has 0 nitrogen and oxygen atoms in total. The van der Waals surface area contributed by atoms with Crippen molar-refractivity contribution < 1.29 is 0 Å².